The summed E-state index contributed by atoms with van der Waals surface area (Å²) in [5.41, 5.74) is 1.86. The van der Waals surface area contributed by atoms with E-state index in [0.29, 0.717) is 16.0 Å². The highest BCUT2D eigenvalue weighted by atomic mass is 32.1. The monoisotopic (exact) mass is 448 g/mol. The number of hydrogen-bond donors (Lipinski definition) is 1. The molecule has 1 aliphatic rings. The van der Waals surface area contributed by atoms with Gasteiger partial charge in [0.2, 0.25) is 5.78 Å². The van der Waals surface area contributed by atoms with Crippen LogP contribution in [-0.4, -0.2) is 39.3 Å². The van der Waals surface area contributed by atoms with E-state index in [0.717, 1.165) is 5.56 Å². The van der Waals surface area contributed by atoms with Gasteiger partial charge >= 0.3 is 5.97 Å². The van der Waals surface area contributed by atoms with Crippen LogP contribution in [-0.2, 0) is 16.1 Å². The Morgan fingerprint density at radius 3 is 2.47 bits per heavy atom. The number of hydrogen-bond acceptors (Lipinski definition) is 7. The molecule has 7 nitrogen and oxygen atoms in total. The molecule has 1 N–H and O–H groups in total. The maximum Gasteiger partial charge on any atom is 0.338 e. The molecule has 4 rings (SSSR count). The van der Waals surface area contributed by atoms with Crippen LogP contribution in [0.2, 0.25) is 0 Å². The Hall–Kier alpha value is -3.78. The van der Waals surface area contributed by atoms with Crippen LogP contribution >= 0.6 is 11.3 Å². The highest BCUT2D eigenvalue weighted by molar-refractivity contribution is 7.12. The van der Waals surface area contributed by atoms with Gasteiger partial charge in [-0.3, -0.25) is 14.6 Å². The molecule has 1 aromatic carbocycles. The van der Waals surface area contributed by atoms with Crippen molar-refractivity contribution in [3.63, 3.8) is 0 Å². The number of aliphatic hydroxyl groups excluding tert-OH is 1. The summed E-state index contributed by atoms with van der Waals surface area (Å²) < 4.78 is 5.00. The van der Waals surface area contributed by atoms with Crippen molar-refractivity contribution in [1.82, 2.24) is 9.88 Å². The number of benzene rings is 1. The molecule has 2 aromatic heterocycles. The van der Waals surface area contributed by atoms with Gasteiger partial charge in [0.1, 0.15) is 0 Å². The molecule has 1 unspecified atom stereocenters. The first-order chi connectivity index (χ1) is 15.5. The molecule has 8 heteroatoms. The van der Waals surface area contributed by atoms with Gasteiger partial charge in [0, 0.05) is 18.9 Å². The van der Waals surface area contributed by atoms with Crippen LogP contribution in [0, 0.1) is 0 Å². The molecule has 1 amide bonds. The average Bonchev–Trinajstić information content (AvgIpc) is 3.43. The minimum atomic E-state index is -0.759. The third kappa shape index (κ3) is 4.04. The van der Waals surface area contributed by atoms with Crippen molar-refractivity contribution < 1.29 is 24.2 Å². The van der Waals surface area contributed by atoms with Crippen LogP contribution in [0.4, 0.5) is 0 Å². The van der Waals surface area contributed by atoms with E-state index in [1.54, 1.807) is 73.2 Å². The Balaban J connectivity index is 1.68. The third-order valence-electron chi connectivity index (χ3n) is 5.13. The molecule has 0 aliphatic carbocycles. The number of rotatable bonds is 7. The molecule has 0 spiro atoms. The Morgan fingerprint density at radius 2 is 1.84 bits per heavy atom. The minimum Gasteiger partial charge on any atom is -0.503 e. The molecule has 1 aliphatic heterocycles. The van der Waals surface area contributed by atoms with Crippen molar-refractivity contribution in [3.8, 4) is 0 Å². The first kappa shape index (κ1) is 21.5. The molecule has 0 radical (unpaired) electrons. The Kier molecular flexibility index (Phi) is 6.13. The molecule has 0 fully saturated rings. The first-order valence-electron chi connectivity index (χ1n) is 9.99. The van der Waals surface area contributed by atoms with Crippen LogP contribution in [0.3, 0.4) is 0 Å². The zero-order valence-electron chi connectivity index (χ0n) is 17.2. The number of nitrogens with zero attached hydrogens (tertiary/aromatic N) is 2. The summed E-state index contributed by atoms with van der Waals surface area (Å²) in [5, 5.41) is 12.4. The lowest BCUT2D eigenvalue weighted by molar-refractivity contribution is -0.130. The van der Waals surface area contributed by atoms with Gasteiger partial charge < -0.3 is 14.7 Å². The van der Waals surface area contributed by atoms with Gasteiger partial charge in [0.15, 0.2) is 5.76 Å². The highest BCUT2D eigenvalue weighted by Crippen LogP contribution is 2.40. The summed E-state index contributed by atoms with van der Waals surface area (Å²) in [4.78, 5) is 44.0. The minimum absolute atomic E-state index is 0.0480. The smallest absolute Gasteiger partial charge is 0.338 e. The van der Waals surface area contributed by atoms with E-state index in [1.807, 2.05) is 0 Å². The normalized spacial score (nSPS) is 15.8. The predicted octanol–water partition coefficient (Wildman–Crippen LogP) is 4.10. The van der Waals surface area contributed by atoms with Crippen molar-refractivity contribution in [2.45, 2.75) is 19.5 Å². The first-order valence-corrected chi connectivity index (χ1v) is 10.9. The number of carbonyl (C=O) groups excluding carboxylic acids is 3. The van der Waals surface area contributed by atoms with Gasteiger partial charge in [-0.15, -0.1) is 11.3 Å². The van der Waals surface area contributed by atoms with Gasteiger partial charge in [-0.2, -0.15) is 0 Å². The van der Waals surface area contributed by atoms with Crippen molar-refractivity contribution in [3.05, 3.63) is 99.2 Å². The number of ether oxygens (including phenoxy) is 1. The lowest BCUT2D eigenvalue weighted by Crippen LogP contribution is -2.30. The summed E-state index contributed by atoms with van der Waals surface area (Å²) in [7, 11) is 0. The molecule has 162 valence electrons. The molecular formula is C24H20N2O5S. The van der Waals surface area contributed by atoms with Crippen LogP contribution in [0.15, 0.2) is 77.6 Å². The standard InChI is InChI=1S/C24H20N2O5S/c1-2-31-24(30)17-7-5-15(6-8-17)14-26-20(16-9-11-25-12-10-16)19(22(28)23(26)29)21(27)18-4-3-13-32-18/h3-13,20,28H,2,14H2,1H3. The molecular weight excluding hydrogens is 428 g/mol. The van der Waals surface area contributed by atoms with E-state index in [-0.39, 0.29) is 24.5 Å². The largest absolute Gasteiger partial charge is 0.503 e. The summed E-state index contributed by atoms with van der Waals surface area (Å²) in [6.07, 6.45) is 3.16. The van der Waals surface area contributed by atoms with E-state index >= 15 is 0 Å². The van der Waals surface area contributed by atoms with Crippen LogP contribution in [0.5, 0.6) is 0 Å². The Bertz CT molecular complexity index is 1170. The molecule has 3 heterocycles. The maximum atomic E-state index is 13.2. The van der Waals surface area contributed by atoms with Gasteiger partial charge in [-0.25, -0.2) is 4.79 Å². The summed E-state index contributed by atoms with van der Waals surface area (Å²) >= 11 is 1.25. The summed E-state index contributed by atoms with van der Waals surface area (Å²) in [6, 6.07) is 12.8. The van der Waals surface area contributed by atoms with E-state index < -0.39 is 23.7 Å². The van der Waals surface area contributed by atoms with Crippen LogP contribution in [0.1, 0.15) is 44.1 Å². The molecule has 3 aromatic rings. The SMILES string of the molecule is CCOC(=O)c1ccc(CN2C(=O)C(O)=C(C(=O)c3cccs3)C2c2ccncc2)cc1. The lowest BCUT2D eigenvalue weighted by atomic mass is 9.96. The van der Waals surface area contributed by atoms with Gasteiger partial charge in [0.25, 0.3) is 5.91 Å². The topological polar surface area (TPSA) is 96.8 Å². The number of amides is 1. The van der Waals surface area contributed by atoms with Crippen molar-refractivity contribution in [2.75, 3.05) is 6.61 Å². The number of esters is 1. The number of carbonyl (C=O) groups is 3. The number of pyridine rings is 1. The molecule has 0 saturated heterocycles. The van der Waals surface area contributed by atoms with Gasteiger partial charge in [-0.1, -0.05) is 18.2 Å². The number of aliphatic hydroxyl groups is 1. The van der Waals surface area contributed by atoms with E-state index in [2.05, 4.69) is 4.98 Å². The van der Waals surface area contributed by atoms with E-state index in [1.165, 1.54) is 16.2 Å². The van der Waals surface area contributed by atoms with Crippen molar-refractivity contribution in [1.29, 1.82) is 0 Å². The highest BCUT2D eigenvalue weighted by Gasteiger charge is 2.43. The third-order valence-corrected chi connectivity index (χ3v) is 6.00. The Morgan fingerprint density at radius 1 is 1.12 bits per heavy atom. The number of Topliss-reactive ketones (excluding diaryl/α,β-unsaturated/α-hetero) is 1. The van der Waals surface area contributed by atoms with Crippen molar-refractivity contribution >= 4 is 29.0 Å². The molecule has 1 atom stereocenters. The number of aromatic nitrogens is 1. The molecule has 0 bridgehead atoms. The van der Waals surface area contributed by atoms with E-state index in [9.17, 15) is 19.5 Å². The zero-order chi connectivity index (χ0) is 22.7. The predicted molar refractivity (Wildman–Crippen MR) is 118 cm³/mol. The van der Waals surface area contributed by atoms with Crippen LogP contribution in [0.25, 0.3) is 0 Å². The Labute approximate surface area is 188 Å². The zero-order valence-corrected chi connectivity index (χ0v) is 18.0. The maximum absolute atomic E-state index is 13.2. The number of thiophene rings is 1. The second kappa shape index (κ2) is 9.15. The fraction of sp³-hybridized carbons (Fsp3) is 0.167. The average molecular weight is 449 g/mol. The second-order valence-corrected chi connectivity index (χ2v) is 8.05. The number of ketones is 1. The van der Waals surface area contributed by atoms with Crippen molar-refractivity contribution in [2.24, 2.45) is 0 Å². The quantitative estimate of drug-likeness (QED) is 0.432. The van der Waals surface area contributed by atoms with Crippen LogP contribution < -0.4 is 0 Å². The summed E-state index contributed by atoms with van der Waals surface area (Å²) in [6.45, 7) is 2.15. The fourth-order valence-corrected chi connectivity index (χ4v) is 4.32. The lowest BCUT2D eigenvalue weighted by Gasteiger charge is -2.26. The summed E-state index contributed by atoms with van der Waals surface area (Å²) in [5.74, 6) is -1.98. The fourth-order valence-electron chi connectivity index (χ4n) is 3.64. The molecule has 0 saturated carbocycles. The second-order valence-electron chi connectivity index (χ2n) is 7.10. The molecule has 32 heavy (non-hydrogen) atoms. The van der Waals surface area contributed by atoms with E-state index in [4.69, 9.17) is 4.74 Å². The van der Waals surface area contributed by atoms with Gasteiger partial charge in [0.05, 0.1) is 28.7 Å². The van der Waals surface area contributed by atoms with Gasteiger partial charge in [-0.05, 0) is 53.8 Å².